The zero-order valence-electron chi connectivity index (χ0n) is 12.7. The topological polar surface area (TPSA) is 96.9 Å². The number of carboxylic acid groups (broad SMARTS) is 1. The molecular weight excluding hydrogens is 276 g/mol. The molecule has 4 atom stereocenters. The van der Waals surface area contributed by atoms with Crippen molar-refractivity contribution < 1.29 is 24.2 Å². The van der Waals surface area contributed by atoms with Crippen LogP contribution in [0.4, 0.5) is 4.79 Å². The highest BCUT2D eigenvalue weighted by Gasteiger charge is 2.49. The molecule has 2 amide bonds. The predicted octanol–water partition coefficient (Wildman–Crippen LogP) is 0.589. The fourth-order valence-corrected chi connectivity index (χ4v) is 2.92. The van der Waals surface area contributed by atoms with Crippen LogP contribution in [0.1, 0.15) is 27.2 Å². The Morgan fingerprint density at radius 2 is 2.05 bits per heavy atom. The summed E-state index contributed by atoms with van der Waals surface area (Å²) in [5, 5.41) is 14.6. The highest BCUT2D eigenvalue weighted by molar-refractivity contribution is 5.77. The van der Waals surface area contributed by atoms with E-state index in [2.05, 4.69) is 24.5 Å². The molecule has 21 heavy (non-hydrogen) atoms. The molecule has 1 heterocycles. The summed E-state index contributed by atoms with van der Waals surface area (Å²) in [6, 6.07) is -0.794. The van der Waals surface area contributed by atoms with Gasteiger partial charge in [-0.2, -0.15) is 0 Å². The second-order valence-electron chi connectivity index (χ2n) is 6.26. The van der Waals surface area contributed by atoms with Crippen molar-refractivity contribution in [3.8, 4) is 0 Å². The first-order valence-corrected chi connectivity index (χ1v) is 7.35. The molecule has 4 unspecified atom stereocenters. The maximum atomic E-state index is 12.0. The average molecular weight is 300 g/mol. The van der Waals surface area contributed by atoms with Crippen LogP contribution < -0.4 is 10.6 Å². The second kappa shape index (κ2) is 6.19. The Morgan fingerprint density at radius 3 is 2.62 bits per heavy atom. The molecule has 1 saturated carbocycles. The number of carbonyl (C=O) groups is 2. The van der Waals surface area contributed by atoms with Crippen LogP contribution in [-0.2, 0) is 14.3 Å². The zero-order valence-corrected chi connectivity index (χ0v) is 12.7. The van der Waals surface area contributed by atoms with Gasteiger partial charge in [-0.1, -0.05) is 13.8 Å². The Balaban J connectivity index is 1.82. The lowest BCUT2D eigenvalue weighted by molar-refractivity contribution is -0.142. The first-order chi connectivity index (χ1) is 9.86. The number of ether oxygens (including phenoxy) is 2. The van der Waals surface area contributed by atoms with Gasteiger partial charge < -0.3 is 25.2 Å². The highest BCUT2D eigenvalue weighted by atomic mass is 16.5. The van der Waals surface area contributed by atoms with Gasteiger partial charge in [0.1, 0.15) is 5.92 Å². The number of nitrogens with one attached hydrogen (secondary N) is 2. The molecule has 1 saturated heterocycles. The summed E-state index contributed by atoms with van der Waals surface area (Å²) in [5.41, 5.74) is -0.119. The van der Waals surface area contributed by atoms with Crippen LogP contribution in [0.2, 0.25) is 0 Å². The fraction of sp³-hybridized carbons (Fsp3) is 0.857. The average Bonchev–Trinajstić information content (AvgIpc) is 2.86. The molecular formula is C14H24N2O5. The minimum absolute atomic E-state index is 0.0275. The lowest BCUT2D eigenvalue weighted by Crippen LogP contribution is -2.64. The third kappa shape index (κ3) is 3.29. The number of hydrogen-bond acceptors (Lipinski definition) is 4. The van der Waals surface area contributed by atoms with E-state index < -0.39 is 17.9 Å². The number of carboxylic acids is 1. The Kier molecular flexibility index (Phi) is 4.73. The summed E-state index contributed by atoms with van der Waals surface area (Å²) in [4.78, 5) is 23.0. The van der Waals surface area contributed by atoms with E-state index in [0.29, 0.717) is 6.61 Å². The van der Waals surface area contributed by atoms with E-state index in [4.69, 9.17) is 14.6 Å². The Labute approximate surface area is 124 Å². The number of rotatable bonds is 5. The van der Waals surface area contributed by atoms with Gasteiger partial charge in [-0.15, -0.1) is 0 Å². The minimum atomic E-state index is -0.946. The van der Waals surface area contributed by atoms with E-state index in [9.17, 15) is 9.59 Å². The van der Waals surface area contributed by atoms with E-state index in [1.165, 1.54) is 0 Å². The molecule has 0 aromatic rings. The van der Waals surface area contributed by atoms with Gasteiger partial charge in [0.25, 0.3) is 0 Å². The third-order valence-corrected chi connectivity index (χ3v) is 4.57. The molecule has 0 aromatic carbocycles. The SMILES string of the molecule is CCOC1CC(NC(=O)NC2COCC2C(=O)O)C1(C)C. The fourth-order valence-electron chi connectivity index (χ4n) is 2.92. The Morgan fingerprint density at radius 1 is 1.33 bits per heavy atom. The maximum absolute atomic E-state index is 12.0. The lowest BCUT2D eigenvalue weighted by atomic mass is 9.64. The van der Waals surface area contributed by atoms with E-state index in [-0.39, 0.29) is 36.8 Å². The van der Waals surface area contributed by atoms with E-state index in [0.717, 1.165) is 6.42 Å². The molecule has 120 valence electrons. The summed E-state index contributed by atoms with van der Waals surface area (Å²) in [6.07, 6.45) is 0.923. The highest BCUT2D eigenvalue weighted by Crippen LogP contribution is 2.42. The first kappa shape index (κ1) is 16.0. The summed E-state index contributed by atoms with van der Waals surface area (Å²) >= 11 is 0. The number of urea groups is 1. The number of hydrogen-bond donors (Lipinski definition) is 3. The lowest BCUT2D eigenvalue weighted by Gasteiger charge is -2.51. The summed E-state index contributed by atoms with van der Waals surface area (Å²) in [6.45, 7) is 7.10. The molecule has 0 bridgehead atoms. The molecule has 0 spiro atoms. The van der Waals surface area contributed by atoms with Gasteiger partial charge >= 0.3 is 12.0 Å². The van der Waals surface area contributed by atoms with Crippen molar-refractivity contribution in [3.63, 3.8) is 0 Å². The van der Waals surface area contributed by atoms with Crippen molar-refractivity contribution in [2.24, 2.45) is 11.3 Å². The number of carbonyl (C=O) groups excluding carboxylic acids is 1. The second-order valence-corrected chi connectivity index (χ2v) is 6.26. The van der Waals surface area contributed by atoms with Crippen molar-refractivity contribution in [2.45, 2.75) is 45.4 Å². The van der Waals surface area contributed by atoms with Gasteiger partial charge in [0, 0.05) is 18.1 Å². The predicted molar refractivity (Wildman–Crippen MR) is 75.0 cm³/mol. The Bertz CT molecular complexity index is 412. The largest absolute Gasteiger partial charge is 0.481 e. The van der Waals surface area contributed by atoms with Gasteiger partial charge in [-0.3, -0.25) is 4.79 Å². The van der Waals surface area contributed by atoms with Crippen molar-refractivity contribution in [3.05, 3.63) is 0 Å². The molecule has 2 aliphatic rings. The first-order valence-electron chi connectivity index (χ1n) is 7.35. The van der Waals surface area contributed by atoms with Gasteiger partial charge in [0.2, 0.25) is 0 Å². The Hall–Kier alpha value is -1.34. The summed E-state index contributed by atoms with van der Waals surface area (Å²) < 4.78 is 10.7. The molecule has 1 aliphatic carbocycles. The van der Waals surface area contributed by atoms with Crippen LogP contribution in [0.25, 0.3) is 0 Å². The van der Waals surface area contributed by atoms with Crippen molar-refractivity contribution in [2.75, 3.05) is 19.8 Å². The van der Waals surface area contributed by atoms with Crippen LogP contribution in [-0.4, -0.2) is 55.1 Å². The molecule has 2 fully saturated rings. The third-order valence-electron chi connectivity index (χ3n) is 4.57. The van der Waals surface area contributed by atoms with Gasteiger partial charge in [-0.25, -0.2) is 4.79 Å². The van der Waals surface area contributed by atoms with Gasteiger partial charge in [0.05, 0.1) is 25.4 Å². The van der Waals surface area contributed by atoms with Gasteiger partial charge in [-0.05, 0) is 13.3 Å². The number of aliphatic carboxylic acids is 1. The van der Waals surface area contributed by atoms with E-state index in [1.54, 1.807) is 0 Å². The van der Waals surface area contributed by atoms with Crippen LogP contribution in [0, 0.1) is 11.3 Å². The molecule has 3 N–H and O–H groups in total. The quantitative estimate of drug-likeness (QED) is 0.690. The summed E-state index contributed by atoms with van der Waals surface area (Å²) in [5.74, 6) is -1.63. The minimum Gasteiger partial charge on any atom is -0.481 e. The maximum Gasteiger partial charge on any atom is 0.315 e. The molecule has 2 rings (SSSR count). The molecule has 1 aliphatic heterocycles. The normalized spacial score (nSPS) is 34.0. The zero-order chi connectivity index (χ0) is 15.6. The smallest absolute Gasteiger partial charge is 0.315 e. The van der Waals surface area contributed by atoms with Crippen molar-refractivity contribution in [1.82, 2.24) is 10.6 Å². The van der Waals surface area contributed by atoms with Crippen molar-refractivity contribution in [1.29, 1.82) is 0 Å². The van der Waals surface area contributed by atoms with Gasteiger partial charge in [0.15, 0.2) is 0 Å². The van der Waals surface area contributed by atoms with Crippen LogP contribution in [0.3, 0.4) is 0 Å². The number of amides is 2. The summed E-state index contributed by atoms with van der Waals surface area (Å²) in [7, 11) is 0. The standard InChI is InChI=1S/C14H24N2O5/c1-4-21-11-5-10(14(11,2)3)16-13(19)15-9-7-20-6-8(9)12(17)18/h8-11H,4-7H2,1-3H3,(H,17,18)(H2,15,16,19). The van der Waals surface area contributed by atoms with E-state index in [1.807, 2.05) is 6.92 Å². The molecule has 0 aromatic heterocycles. The van der Waals surface area contributed by atoms with Crippen molar-refractivity contribution >= 4 is 12.0 Å². The molecule has 0 radical (unpaired) electrons. The van der Waals surface area contributed by atoms with E-state index >= 15 is 0 Å². The molecule has 7 nitrogen and oxygen atoms in total. The van der Waals surface area contributed by atoms with Crippen LogP contribution in [0.15, 0.2) is 0 Å². The monoisotopic (exact) mass is 300 g/mol. The van der Waals surface area contributed by atoms with Crippen LogP contribution >= 0.6 is 0 Å². The molecule has 7 heteroatoms. The van der Waals surface area contributed by atoms with Crippen LogP contribution in [0.5, 0.6) is 0 Å².